The van der Waals surface area contributed by atoms with Gasteiger partial charge in [-0.2, -0.15) is 0 Å². The summed E-state index contributed by atoms with van der Waals surface area (Å²) in [5.74, 6) is -0.857. The first-order chi connectivity index (χ1) is 13.2. The number of hydrogen-bond acceptors (Lipinski definition) is 5. The molecule has 0 saturated carbocycles. The Morgan fingerprint density at radius 1 is 1.11 bits per heavy atom. The molecule has 3 rings (SSSR count). The average Bonchev–Trinajstić information content (AvgIpc) is 2.64. The van der Waals surface area contributed by atoms with Crippen LogP contribution in [0.5, 0.6) is 0 Å². The van der Waals surface area contributed by atoms with Crippen LogP contribution in [0.4, 0.5) is 5.69 Å². The molecule has 0 atom stereocenters. The predicted octanol–water partition coefficient (Wildman–Crippen LogP) is 3.06. The zero-order valence-electron chi connectivity index (χ0n) is 16.2. The van der Waals surface area contributed by atoms with E-state index in [1.54, 1.807) is 24.3 Å². The predicted molar refractivity (Wildman–Crippen MR) is 107 cm³/mol. The molecule has 0 saturated heterocycles. The summed E-state index contributed by atoms with van der Waals surface area (Å²) < 4.78 is 30.4. The third-order valence-electron chi connectivity index (χ3n) is 4.81. The second-order valence-electron chi connectivity index (χ2n) is 7.10. The van der Waals surface area contributed by atoms with Crippen molar-refractivity contribution in [2.75, 3.05) is 23.7 Å². The maximum absolute atomic E-state index is 12.5. The molecule has 1 heterocycles. The number of esters is 1. The largest absolute Gasteiger partial charge is 0.454 e. The van der Waals surface area contributed by atoms with Gasteiger partial charge in [0, 0.05) is 12.1 Å². The lowest BCUT2D eigenvalue weighted by molar-refractivity contribution is 0.0474. The van der Waals surface area contributed by atoms with Crippen LogP contribution in [0.3, 0.4) is 0 Å². The fraction of sp³-hybridized carbons (Fsp3) is 0.333. The molecule has 2 aromatic rings. The summed E-state index contributed by atoms with van der Waals surface area (Å²) in [6.07, 6.45) is 2.57. The molecular formula is C21H23NO5S. The SMILES string of the molecule is Cc1ccc(C(=O)OCC(=O)c2ccc3c(c2)CCCN3S(C)(=O)=O)c(C)c1. The molecule has 0 radical (unpaired) electrons. The summed E-state index contributed by atoms with van der Waals surface area (Å²) in [4.78, 5) is 24.7. The lowest BCUT2D eigenvalue weighted by Crippen LogP contribution is -2.34. The van der Waals surface area contributed by atoms with Crippen molar-refractivity contribution < 1.29 is 22.7 Å². The third kappa shape index (κ3) is 4.25. The standard InChI is InChI=1S/C21H23NO5S/c1-14-6-8-18(15(2)11-14)21(24)27-13-20(23)17-7-9-19-16(12-17)5-4-10-22(19)28(3,25)26/h6-9,11-12H,4-5,10,13H2,1-3H3. The van der Waals surface area contributed by atoms with Crippen LogP contribution in [0.1, 0.15) is 43.8 Å². The number of ketones is 1. The zero-order valence-corrected chi connectivity index (χ0v) is 17.0. The first-order valence-corrected chi connectivity index (χ1v) is 10.9. The van der Waals surface area contributed by atoms with E-state index in [0.29, 0.717) is 36.2 Å². The van der Waals surface area contributed by atoms with E-state index >= 15 is 0 Å². The van der Waals surface area contributed by atoms with Gasteiger partial charge in [-0.25, -0.2) is 13.2 Å². The molecule has 7 heteroatoms. The fourth-order valence-electron chi connectivity index (χ4n) is 3.42. The van der Waals surface area contributed by atoms with Crippen LogP contribution in [0.2, 0.25) is 0 Å². The van der Waals surface area contributed by atoms with Crippen LogP contribution >= 0.6 is 0 Å². The van der Waals surface area contributed by atoms with Gasteiger partial charge < -0.3 is 4.74 Å². The van der Waals surface area contributed by atoms with Crippen LogP contribution in [0.15, 0.2) is 36.4 Å². The van der Waals surface area contributed by atoms with Gasteiger partial charge in [-0.3, -0.25) is 9.10 Å². The van der Waals surface area contributed by atoms with E-state index in [1.807, 2.05) is 26.0 Å². The van der Waals surface area contributed by atoms with Gasteiger partial charge in [-0.15, -0.1) is 0 Å². The molecule has 0 aliphatic carbocycles. The van der Waals surface area contributed by atoms with Crippen LogP contribution in [-0.2, 0) is 21.2 Å². The first kappa shape index (κ1) is 20.1. The van der Waals surface area contributed by atoms with Crippen LogP contribution in [0.25, 0.3) is 0 Å². The van der Waals surface area contributed by atoms with Gasteiger partial charge in [0.25, 0.3) is 0 Å². The highest BCUT2D eigenvalue weighted by molar-refractivity contribution is 7.92. The highest BCUT2D eigenvalue weighted by atomic mass is 32.2. The number of aryl methyl sites for hydroxylation is 3. The highest BCUT2D eigenvalue weighted by Crippen LogP contribution is 2.30. The van der Waals surface area contributed by atoms with Crippen molar-refractivity contribution in [3.8, 4) is 0 Å². The van der Waals surface area contributed by atoms with Gasteiger partial charge in [-0.1, -0.05) is 17.7 Å². The maximum Gasteiger partial charge on any atom is 0.338 e. The van der Waals surface area contributed by atoms with Crippen LogP contribution < -0.4 is 4.31 Å². The van der Waals surface area contributed by atoms with Crippen molar-refractivity contribution in [3.05, 3.63) is 64.2 Å². The number of Topliss-reactive ketones (excluding diaryl/α,β-unsaturated/α-hetero) is 1. The van der Waals surface area contributed by atoms with Gasteiger partial charge >= 0.3 is 5.97 Å². The molecule has 2 aromatic carbocycles. The van der Waals surface area contributed by atoms with E-state index < -0.39 is 16.0 Å². The number of nitrogens with zero attached hydrogens (tertiary/aromatic N) is 1. The summed E-state index contributed by atoms with van der Waals surface area (Å²) >= 11 is 0. The number of anilines is 1. The monoisotopic (exact) mass is 401 g/mol. The molecule has 6 nitrogen and oxygen atoms in total. The van der Waals surface area contributed by atoms with E-state index in [9.17, 15) is 18.0 Å². The first-order valence-electron chi connectivity index (χ1n) is 9.05. The number of fused-ring (bicyclic) bond motifs is 1. The van der Waals surface area contributed by atoms with Crippen LogP contribution in [-0.4, -0.2) is 39.6 Å². The number of ether oxygens (including phenoxy) is 1. The minimum Gasteiger partial charge on any atom is -0.454 e. The van der Waals surface area contributed by atoms with Gasteiger partial charge in [0.1, 0.15) is 0 Å². The van der Waals surface area contributed by atoms with Crippen molar-refractivity contribution in [2.24, 2.45) is 0 Å². The third-order valence-corrected chi connectivity index (χ3v) is 5.99. The molecule has 0 amide bonds. The number of carbonyl (C=O) groups is 2. The van der Waals surface area contributed by atoms with Crippen molar-refractivity contribution in [1.82, 2.24) is 0 Å². The molecule has 0 fully saturated rings. The summed E-state index contributed by atoms with van der Waals surface area (Å²) in [6, 6.07) is 10.3. The zero-order chi connectivity index (χ0) is 20.5. The molecular weight excluding hydrogens is 378 g/mol. The van der Waals surface area contributed by atoms with E-state index in [0.717, 1.165) is 16.7 Å². The Balaban J connectivity index is 1.72. The van der Waals surface area contributed by atoms with Crippen molar-refractivity contribution in [3.63, 3.8) is 0 Å². The molecule has 0 unspecified atom stereocenters. The molecule has 1 aliphatic heterocycles. The smallest absolute Gasteiger partial charge is 0.338 e. The summed E-state index contributed by atoms with van der Waals surface area (Å²) in [7, 11) is -3.35. The average molecular weight is 401 g/mol. The Morgan fingerprint density at radius 2 is 1.86 bits per heavy atom. The molecule has 0 N–H and O–H groups in total. The number of hydrogen-bond donors (Lipinski definition) is 0. The van der Waals surface area contributed by atoms with E-state index in [2.05, 4.69) is 0 Å². The lowest BCUT2D eigenvalue weighted by Gasteiger charge is -2.29. The van der Waals surface area contributed by atoms with Gasteiger partial charge in [0.05, 0.1) is 17.5 Å². The molecule has 0 bridgehead atoms. The second-order valence-corrected chi connectivity index (χ2v) is 9.01. The highest BCUT2D eigenvalue weighted by Gasteiger charge is 2.25. The minimum absolute atomic E-state index is 0.322. The van der Waals surface area contributed by atoms with Crippen molar-refractivity contribution in [2.45, 2.75) is 26.7 Å². The molecule has 148 valence electrons. The molecule has 0 spiro atoms. The maximum atomic E-state index is 12.5. The van der Waals surface area contributed by atoms with E-state index in [1.165, 1.54) is 10.6 Å². The number of rotatable bonds is 5. The Morgan fingerprint density at radius 3 is 2.54 bits per heavy atom. The van der Waals surface area contributed by atoms with Gasteiger partial charge in [0.2, 0.25) is 10.0 Å². The minimum atomic E-state index is -3.35. The van der Waals surface area contributed by atoms with Gasteiger partial charge in [-0.05, 0) is 62.1 Å². The Labute approximate surface area is 165 Å². The Bertz CT molecular complexity index is 1040. The number of sulfonamides is 1. The van der Waals surface area contributed by atoms with E-state index in [4.69, 9.17) is 4.74 Å². The van der Waals surface area contributed by atoms with Crippen molar-refractivity contribution >= 4 is 27.5 Å². The number of benzene rings is 2. The van der Waals surface area contributed by atoms with Gasteiger partial charge in [0.15, 0.2) is 12.4 Å². The topological polar surface area (TPSA) is 80.8 Å². The van der Waals surface area contributed by atoms with E-state index in [-0.39, 0.29) is 12.4 Å². The Kier molecular flexibility index (Phi) is 5.56. The second kappa shape index (κ2) is 7.75. The summed E-state index contributed by atoms with van der Waals surface area (Å²) in [6.45, 7) is 3.84. The summed E-state index contributed by atoms with van der Waals surface area (Å²) in [5, 5.41) is 0. The fourth-order valence-corrected chi connectivity index (χ4v) is 4.41. The quantitative estimate of drug-likeness (QED) is 0.568. The lowest BCUT2D eigenvalue weighted by atomic mass is 9.99. The molecule has 1 aliphatic rings. The van der Waals surface area contributed by atoms with Crippen molar-refractivity contribution in [1.29, 1.82) is 0 Å². The van der Waals surface area contributed by atoms with Crippen LogP contribution in [0, 0.1) is 13.8 Å². The summed E-state index contributed by atoms with van der Waals surface area (Å²) in [5.41, 5.74) is 4.10. The molecule has 28 heavy (non-hydrogen) atoms. The Hall–Kier alpha value is -2.67. The molecule has 0 aromatic heterocycles. The normalized spacial score (nSPS) is 13.8. The number of carbonyl (C=O) groups excluding carboxylic acids is 2.